The minimum Gasteiger partial charge on any atom is -0.486 e. The van der Waals surface area contributed by atoms with Crippen molar-refractivity contribution < 1.29 is 18.3 Å². The van der Waals surface area contributed by atoms with Crippen LogP contribution < -0.4 is 9.47 Å². The van der Waals surface area contributed by atoms with Crippen LogP contribution in [0.15, 0.2) is 42.5 Å². The van der Waals surface area contributed by atoms with E-state index in [0.29, 0.717) is 18.7 Å². The molecule has 2 aromatic carbocycles. The van der Waals surface area contributed by atoms with Gasteiger partial charge in [0.15, 0.2) is 11.5 Å². The van der Waals surface area contributed by atoms with Crippen LogP contribution in [0, 0.1) is 11.6 Å². The largest absolute Gasteiger partial charge is 0.486 e. The lowest BCUT2D eigenvalue weighted by molar-refractivity contribution is 0.0545. The number of hydrogen-bond acceptors (Lipinski definition) is 3. The molecule has 0 amide bonds. The summed E-state index contributed by atoms with van der Waals surface area (Å²) in [5, 5.41) is 0. The Labute approximate surface area is 139 Å². The normalized spacial score (nSPS) is 23.4. The maximum atomic E-state index is 14.1. The Kier molecular flexibility index (Phi) is 4.10. The molecule has 2 aliphatic rings. The molecule has 126 valence electrons. The van der Waals surface area contributed by atoms with Crippen molar-refractivity contribution in [1.29, 1.82) is 0 Å². The van der Waals surface area contributed by atoms with Crippen molar-refractivity contribution in [2.45, 2.75) is 25.0 Å². The third-order valence-corrected chi connectivity index (χ3v) is 4.69. The molecule has 2 heterocycles. The first-order valence-electron chi connectivity index (χ1n) is 8.28. The van der Waals surface area contributed by atoms with Crippen LogP contribution in [-0.2, 0) is 0 Å². The molecule has 0 spiro atoms. The lowest BCUT2D eigenvalue weighted by Crippen LogP contribution is -2.40. The summed E-state index contributed by atoms with van der Waals surface area (Å²) in [6.45, 7) is 1.95. The molecular formula is C19H19F2NO2. The third-order valence-electron chi connectivity index (χ3n) is 4.69. The molecule has 2 atom stereocenters. The highest BCUT2D eigenvalue weighted by atomic mass is 19.1. The Hall–Kier alpha value is -2.14. The zero-order chi connectivity index (χ0) is 16.5. The number of fused-ring (bicyclic) bond motifs is 1. The van der Waals surface area contributed by atoms with Gasteiger partial charge in [0.25, 0.3) is 0 Å². The third kappa shape index (κ3) is 2.96. The van der Waals surface area contributed by atoms with Gasteiger partial charge < -0.3 is 9.47 Å². The predicted octanol–water partition coefficient (Wildman–Crippen LogP) is 3.94. The quantitative estimate of drug-likeness (QED) is 0.850. The van der Waals surface area contributed by atoms with Crippen LogP contribution >= 0.6 is 0 Å². The van der Waals surface area contributed by atoms with Crippen LogP contribution in [0.4, 0.5) is 8.78 Å². The fraction of sp³-hybridized carbons (Fsp3) is 0.368. The molecule has 3 nitrogen and oxygen atoms in total. The maximum Gasteiger partial charge on any atom is 0.161 e. The fourth-order valence-electron chi connectivity index (χ4n) is 3.58. The van der Waals surface area contributed by atoms with Crippen LogP contribution in [0.2, 0.25) is 0 Å². The van der Waals surface area contributed by atoms with Gasteiger partial charge in [-0.2, -0.15) is 0 Å². The average Bonchev–Trinajstić information content (AvgIpc) is 3.05. The topological polar surface area (TPSA) is 21.7 Å². The smallest absolute Gasteiger partial charge is 0.161 e. The van der Waals surface area contributed by atoms with Crippen molar-refractivity contribution in [1.82, 2.24) is 4.90 Å². The van der Waals surface area contributed by atoms with E-state index in [9.17, 15) is 8.78 Å². The zero-order valence-electron chi connectivity index (χ0n) is 13.3. The minimum atomic E-state index is -0.399. The molecule has 1 fully saturated rings. The Bertz CT molecular complexity index is 737. The molecule has 0 saturated carbocycles. The summed E-state index contributed by atoms with van der Waals surface area (Å²) in [4.78, 5) is 2.17. The molecule has 0 N–H and O–H groups in total. The highest BCUT2D eigenvalue weighted by molar-refractivity contribution is 5.40. The van der Waals surface area contributed by atoms with Crippen molar-refractivity contribution >= 4 is 0 Å². The summed E-state index contributed by atoms with van der Waals surface area (Å²) in [5.74, 6) is 0.744. The van der Waals surface area contributed by atoms with E-state index in [1.807, 2.05) is 24.3 Å². The SMILES string of the molecule is Fc1ccc(F)c([C@H]2CCCN2CC2COc3ccccc3O2)c1. The second-order valence-electron chi connectivity index (χ2n) is 6.32. The first kappa shape index (κ1) is 15.4. The first-order chi connectivity index (χ1) is 11.7. The van der Waals surface area contributed by atoms with Crippen LogP contribution in [0.1, 0.15) is 24.4 Å². The van der Waals surface area contributed by atoms with Gasteiger partial charge in [-0.1, -0.05) is 12.1 Å². The second-order valence-corrected chi connectivity index (χ2v) is 6.32. The van der Waals surface area contributed by atoms with E-state index in [1.165, 1.54) is 12.1 Å². The van der Waals surface area contributed by atoms with Gasteiger partial charge in [-0.15, -0.1) is 0 Å². The van der Waals surface area contributed by atoms with Crippen LogP contribution in [-0.4, -0.2) is 30.7 Å². The number of rotatable bonds is 3. The zero-order valence-corrected chi connectivity index (χ0v) is 13.3. The van der Waals surface area contributed by atoms with E-state index in [4.69, 9.17) is 9.47 Å². The molecule has 24 heavy (non-hydrogen) atoms. The summed E-state index contributed by atoms with van der Waals surface area (Å²) in [6.07, 6.45) is 1.67. The summed E-state index contributed by atoms with van der Waals surface area (Å²) >= 11 is 0. The van der Waals surface area contributed by atoms with E-state index < -0.39 is 5.82 Å². The fourth-order valence-corrected chi connectivity index (χ4v) is 3.58. The van der Waals surface area contributed by atoms with Crippen LogP contribution in [0.25, 0.3) is 0 Å². The average molecular weight is 331 g/mol. The van der Waals surface area contributed by atoms with Gasteiger partial charge >= 0.3 is 0 Å². The highest BCUT2D eigenvalue weighted by Gasteiger charge is 2.32. The lowest BCUT2D eigenvalue weighted by Gasteiger charge is -2.32. The molecule has 0 aromatic heterocycles. The number of halogens is 2. The summed E-state index contributed by atoms with van der Waals surface area (Å²) in [5.41, 5.74) is 0.435. The number of likely N-dealkylation sites (tertiary alicyclic amines) is 1. The molecule has 1 saturated heterocycles. The molecule has 2 aromatic rings. The molecule has 0 bridgehead atoms. The number of hydrogen-bond donors (Lipinski definition) is 0. The number of para-hydroxylation sites is 2. The molecule has 0 radical (unpaired) electrons. The van der Waals surface area contributed by atoms with E-state index >= 15 is 0 Å². The number of benzene rings is 2. The van der Waals surface area contributed by atoms with Crippen molar-refractivity contribution in [2.24, 2.45) is 0 Å². The number of ether oxygens (including phenoxy) is 2. The highest BCUT2D eigenvalue weighted by Crippen LogP contribution is 2.36. The molecule has 5 heteroatoms. The Morgan fingerprint density at radius 3 is 2.79 bits per heavy atom. The summed E-state index contributed by atoms with van der Waals surface area (Å²) in [7, 11) is 0. The van der Waals surface area contributed by atoms with Gasteiger partial charge in [-0.3, -0.25) is 4.90 Å². The monoisotopic (exact) mass is 331 g/mol. The minimum absolute atomic E-state index is 0.110. The Balaban J connectivity index is 1.49. The van der Waals surface area contributed by atoms with Crippen LogP contribution in [0.3, 0.4) is 0 Å². The van der Waals surface area contributed by atoms with Crippen molar-refractivity contribution in [2.75, 3.05) is 19.7 Å². The van der Waals surface area contributed by atoms with E-state index in [0.717, 1.165) is 37.0 Å². The molecule has 4 rings (SSSR count). The van der Waals surface area contributed by atoms with Crippen molar-refractivity contribution in [3.05, 3.63) is 59.7 Å². The van der Waals surface area contributed by atoms with E-state index in [2.05, 4.69) is 4.90 Å². The van der Waals surface area contributed by atoms with E-state index in [1.54, 1.807) is 0 Å². The summed E-state index contributed by atoms with van der Waals surface area (Å²) < 4.78 is 39.4. The van der Waals surface area contributed by atoms with Gasteiger partial charge in [0.2, 0.25) is 0 Å². The van der Waals surface area contributed by atoms with Gasteiger partial charge in [0.05, 0.1) is 0 Å². The maximum absolute atomic E-state index is 14.1. The standard InChI is InChI=1S/C19H19F2NO2/c20-13-7-8-16(21)15(10-13)17-4-3-9-22(17)11-14-12-23-18-5-1-2-6-19(18)24-14/h1-2,5-8,10,14,17H,3-4,9,11-12H2/t14?,17-/m1/s1. The Morgan fingerprint density at radius 1 is 1.08 bits per heavy atom. The lowest BCUT2D eigenvalue weighted by atomic mass is 10.0. The Morgan fingerprint density at radius 2 is 1.92 bits per heavy atom. The van der Waals surface area contributed by atoms with Crippen molar-refractivity contribution in [3.63, 3.8) is 0 Å². The number of nitrogens with zero attached hydrogens (tertiary/aromatic N) is 1. The van der Waals surface area contributed by atoms with Gasteiger partial charge in [-0.25, -0.2) is 8.78 Å². The second kappa shape index (κ2) is 6.40. The van der Waals surface area contributed by atoms with Gasteiger partial charge in [0.1, 0.15) is 24.3 Å². The van der Waals surface area contributed by atoms with Gasteiger partial charge in [-0.05, 0) is 49.7 Å². The predicted molar refractivity (Wildman–Crippen MR) is 86.3 cm³/mol. The molecule has 0 aliphatic carbocycles. The molecule has 1 unspecified atom stereocenters. The van der Waals surface area contributed by atoms with Gasteiger partial charge in [0, 0.05) is 18.2 Å². The molecule has 2 aliphatic heterocycles. The van der Waals surface area contributed by atoms with Crippen LogP contribution in [0.5, 0.6) is 11.5 Å². The summed E-state index contributed by atoms with van der Waals surface area (Å²) in [6, 6.07) is 11.1. The van der Waals surface area contributed by atoms with Crippen molar-refractivity contribution in [3.8, 4) is 11.5 Å². The van der Waals surface area contributed by atoms with E-state index in [-0.39, 0.29) is 18.0 Å². The first-order valence-corrected chi connectivity index (χ1v) is 8.28. The molecular weight excluding hydrogens is 312 g/mol.